The topological polar surface area (TPSA) is 55.0 Å². The molecule has 0 unspecified atom stereocenters. The number of ketones is 1. The molecule has 118 valence electrons. The van der Waals surface area contributed by atoms with Crippen LogP contribution in [-0.4, -0.2) is 23.1 Å². The van der Waals surface area contributed by atoms with E-state index in [1.54, 1.807) is 7.11 Å². The molecule has 0 fully saturated rings. The van der Waals surface area contributed by atoms with Gasteiger partial charge in [0, 0.05) is 23.1 Å². The number of hydrogen-bond acceptors (Lipinski definition) is 3. The highest BCUT2D eigenvalue weighted by Gasteiger charge is 2.25. The third-order valence-electron chi connectivity index (χ3n) is 4.23. The van der Waals surface area contributed by atoms with Crippen LogP contribution in [0.1, 0.15) is 21.6 Å². The normalized spacial score (nSPS) is 14.9. The van der Waals surface area contributed by atoms with Crippen LogP contribution in [0.2, 0.25) is 0 Å². The molecule has 0 atom stereocenters. The largest absolute Gasteiger partial charge is 0.497 e. The average Bonchev–Trinajstić information content (AvgIpc) is 3.21. The Balaban J connectivity index is 1.63. The van der Waals surface area contributed by atoms with Crippen molar-refractivity contribution in [2.75, 3.05) is 7.11 Å². The minimum atomic E-state index is 0.0727. The van der Waals surface area contributed by atoms with Gasteiger partial charge in [0.05, 0.1) is 18.5 Å². The predicted octanol–water partition coefficient (Wildman–Crippen LogP) is 3.91. The van der Waals surface area contributed by atoms with Crippen molar-refractivity contribution in [3.8, 4) is 17.0 Å². The van der Waals surface area contributed by atoms with Gasteiger partial charge < -0.3 is 4.74 Å². The number of aromatic amines is 1. The maximum atomic E-state index is 12.5. The van der Waals surface area contributed by atoms with Crippen LogP contribution in [0.4, 0.5) is 0 Å². The molecule has 0 spiro atoms. The van der Waals surface area contributed by atoms with Gasteiger partial charge in [-0.1, -0.05) is 30.3 Å². The Morgan fingerprint density at radius 3 is 2.75 bits per heavy atom. The summed E-state index contributed by atoms with van der Waals surface area (Å²) in [7, 11) is 1.63. The van der Waals surface area contributed by atoms with E-state index >= 15 is 0 Å². The van der Waals surface area contributed by atoms with Gasteiger partial charge in [0.25, 0.3) is 0 Å². The lowest BCUT2D eigenvalue weighted by atomic mass is 10.1. The Bertz CT molecular complexity index is 939. The number of benzene rings is 2. The van der Waals surface area contributed by atoms with Gasteiger partial charge in [-0.15, -0.1) is 0 Å². The number of H-pyrrole nitrogens is 1. The highest BCUT2D eigenvalue weighted by Crippen LogP contribution is 2.30. The molecule has 1 aliphatic rings. The van der Waals surface area contributed by atoms with Crippen molar-refractivity contribution in [2.24, 2.45) is 0 Å². The van der Waals surface area contributed by atoms with Crippen LogP contribution in [0.3, 0.4) is 0 Å². The number of nitrogens with zero attached hydrogens (tertiary/aromatic N) is 1. The lowest BCUT2D eigenvalue weighted by molar-refractivity contribution is 0.104. The van der Waals surface area contributed by atoms with E-state index in [2.05, 4.69) is 10.2 Å². The monoisotopic (exact) mass is 316 g/mol. The number of Topliss-reactive ketones (excluding diaryl/α,β-unsaturated/α-hetero) is 1. The van der Waals surface area contributed by atoms with Gasteiger partial charge in [0.15, 0.2) is 5.78 Å². The summed E-state index contributed by atoms with van der Waals surface area (Å²) in [5.74, 6) is 0.846. The van der Waals surface area contributed by atoms with Crippen molar-refractivity contribution >= 4 is 11.9 Å². The van der Waals surface area contributed by atoms with Gasteiger partial charge in [-0.05, 0) is 35.9 Å². The number of hydrogen-bond donors (Lipinski definition) is 1. The highest BCUT2D eigenvalue weighted by atomic mass is 16.5. The number of rotatable bonds is 3. The average molecular weight is 316 g/mol. The maximum Gasteiger partial charge on any atom is 0.189 e. The molecule has 24 heavy (non-hydrogen) atoms. The lowest BCUT2D eigenvalue weighted by Gasteiger charge is -2.01. The zero-order valence-corrected chi connectivity index (χ0v) is 13.2. The van der Waals surface area contributed by atoms with Crippen molar-refractivity contribution in [3.63, 3.8) is 0 Å². The summed E-state index contributed by atoms with van der Waals surface area (Å²) in [4.78, 5) is 12.5. The minimum Gasteiger partial charge on any atom is -0.497 e. The zero-order valence-electron chi connectivity index (χ0n) is 13.2. The quantitative estimate of drug-likeness (QED) is 0.745. The fourth-order valence-corrected chi connectivity index (χ4v) is 2.99. The summed E-state index contributed by atoms with van der Waals surface area (Å²) in [6.07, 6.45) is 2.50. The first-order chi connectivity index (χ1) is 11.7. The number of aromatic nitrogens is 2. The van der Waals surface area contributed by atoms with Crippen molar-refractivity contribution in [1.82, 2.24) is 10.2 Å². The molecule has 4 heteroatoms. The summed E-state index contributed by atoms with van der Waals surface area (Å²) in [6, 6.07) is 17.5. The second-order valence-electron chi connectivity index (χ2n) is 5.77. The molecule has 3 aromatic rings. The molecular weight excluding hydrogens is 300 g/mol. The summed E-state index contributed by atoms with van der Waals surface area (Å²) in [5.41, 5.74) is 5.27. The smallest absolute Gasteiger partial charge is 0.189 e. The molecule has 0 saturated heterocycles. The third-order valence-corrected chi connectivity index (χ3v) is 4.23. The van der Waals surface area contributed by atoms with Crippen LogP contribution in [-0.2, 0) is 6.42 Å². The van der Waals surface area contributed by atoms with E-state index in [1.165, 1.54) is 0 Å². The van der Waals surface area contributed by atoms with Crippen LogP contribution < -0.4 is 4.74 Å². The standard InChI is InChI=1S/C20H16N2O2/c1-24-17-7-8-18-14(11-17)9-15(20(18)23)10-16-12-19(22-21-16)13-5-3-2-4-6-13/h2-8,10-12H,9H2,1H3,(H,21,22)/b15-10+. The zero-order chi connectivity index (χ0) is 16.5. The van der Waals surface area contributed by atoms with E-state index in [0.717, 1.165) is 39.4 Å². The van der Waals surface area contributed by atoms with E-state index in [-0.39, 0.29) is 5.78 Å². The molecule has 4 nitrogen and oxygen atoms in total. The predicted molar refractivity (Wildman–Crippen MR) is 93.0 cm³/mol. The summed E-state index contributed by atoms with van der Waals surface area (Å²) >= 11 is 0. The van der Waals surface area contributed by atoms with E-state index in [0.29, 0.717) is 6.42 Å². The van der Waals surface area contributed by atoms with E-state index in [9.17, 15) is 4.79 Å². The number of carbonyl (C=O) groups excluding carboxylic acids is 1. The number of ether oxygens (including phenoxy) is 1. The number of carbonyl (C=O) groups is 1. The molecule has 1 aromatic heterocycles. The molecule has 1 heterocycles. The van der Waals surface area contributed by atoms with Crippen LogP contribution in [0.15, 0.2) is 60.2 Å². The fourth-order valence-electron chi connectivity index (χ4n) is 2.99. The fraction of sp³-hybridized carbons (Fsp3) is 0.100. The molecule has 4 rings (SSSR count). The first-order valence-electron chi connectivity index (χ1n) is 7.77. The van der Waals surface area contributed by atoms with Gasteiger partial charge in [-0.3, -0.25) is 9.89 Å². The van der Waals surface area contributed by atoms with Crippen LogP contribution in [0.5, 0.6) is 5.75 Å². The molecule has 0 amide bonds. The molecule has 0 bridgehead atoms. The Hall–Kier alpha value is -3.14. The van der Waals surface area contributed by atoms with Crippen molar-refractivity contribution in [1.29, 1.82) is 0 Å². The lowest BCUT2D eigenvalue weighted by Crippen LogP contribution is -1.95. The number of allylic oxidation sites excluding steroid dienone is 1. The van der Waals surface area contributed by atoms with Crippen molar-refractivity contribution in [2.45, 2.75) is 6.42 Å². The third kappa shape index (κ3) is 2.52. The minimum absolute atomic E-state index is 0.0727. The number of methoxy groups -OCH3 is 1. The van der Waals surface area contributed by atoms with Crippen LogP contribution in [0, 0.1) is 0 Å². The van der Waals surface area contributed by atoms with Gasteiger partial charge in [-0.25, -0.2) is 0 Å². The van der Waals surface area contributed by atoms with Crippen LogP contribution in [0.25, 0.3) is 17.3 Å². The molecule has 0 radical (unpaired) electrons. The molecule has 0 aliphatic heterocycles. The summed E-state index contributed by atoms with van der Waals surface area (Å²) in [5, 5.41) is 7.33. The summed E-state index contributed by atoms with van der Waals surface area (Å²) < 4.78 is 5.23. The van der Waals surface area contributed by atoms with Crippen LogP contribution >= 0.6 is 0 Å². The maximum absolute atomic E-state index is 12.5. The van der Waals surface area contributed by atoms with Gasteiger partial charge >= 0.3 is 0 Å². The molecule has 2 aromatic carbocycles. The Labute approximate surface area is 139 Å². The summed E-state index contributed by atoms with van der Waals surface area (Å²) in [6.45, 7) is 0. The van der Waals surface area contributed by atoms with E-state index in [1.807, 2.05) is 60.7 Å². The number of fused-ring (bicyclic) bond motifs is 1. The van der Waals surface area contributed by atoms with E-state index < -0.39 is 0 Å². The molecular formula is C20H16N2O2. The first kappa shape index (κ1) is 14.5. The molecule has 1 aliphatic carbocycles. The second kappa shape index (κ2) is 5.81. The Morgan fingerprint density at radius 2 is 1.96 bits per heavy atom. The van der Waals surface area contributed by atoms with Gasteiger partial charge in [0.1, 0.15) is 5.75 Å². The number of nitrogens with one attached hydrogen (secondary N) is 1. The molecule has 0 saturated carbocycles. The highest BCUT2D eigenvalue weighted by molar-refractivity contribution is 6.15. The first-order valence-corrected chi connectivity index (χ1v) is 7.77. The van der Waals surface area contributed by atoms with Crippen molar-refractivity contribution < 1.29 is 9.53 Å². The molecule has 1 N–H and O–H groups in total. The second-order valence-corrected chi connectivity index (χ2v) is 5.77. The van der Waals surface area contributed by atoms with Crippen molar-refractivity contribution in [3.05, 3.63) is 77.0 Å². The Morgan fingerprint density at radius 1 is 1.12 bits per heavy atom. The Kier molecular flexibility index (Phi) is 3.50. The van der Waals surface area contributed by atoms with E-state index in [4.69, 9.17) is 4.74 Å². The van der Waals surface area contributed by atoms with Gasteiger partial charge in [-0.2, -0.15) is 5.10 Å². The van der Waals surface area contributed by atoms with Gasteiger partial charge in [0.2, 0.25) is 0 Å². The SMILES string of the molecule is COc1ccc2c(c1)C/C(=C\c1cc(-c3ccccc3)n[nH]1)C2=O.